The summed E-state index contributed by atoms with van der Waals surface area (Å²) in [5, 5.41) is 7.20. The van der Waals surface area contributed by atoms with E-state index in [0.717, 1.165) is 11.1 Å². The van der Waals surface area contributed by atoms with Gasteiger partial charge in [-0.05, 0) is 54.4 Å². The predicted octanol–water partition coefficient (Wildman–Crippen LogP) is 5.58. The van der Waals surface area contributed by atoms with Gasteiger partial charge in [0.05, 0.1) is 25.3 Å². The molecule has 0 bridgehead atoms. The lowest BCUT2D eigenvalue weighted by Gasteiger charge is -2.35. The SMILES string of the molecule is COc1ccc(C2NC(=O)N(Cc3ccccc3)C(C)=C2c2nc(-c3ccc(F)cc3)no2)cc1. The molecule has 8 heteroatoms. The van der Waals surface area contributed by atoms with E-state index in [1.807, 2.05) is 61.5 Å². The fourth-order valence-electron chi connectivity index (χ4n) is 4.11. The molecule has 1 N–H and O–H groups in total. The predicted molar refractivity (Wildman–Crippen MR) is 129 cm³/mol. The van der Waals surface area contributed by atoms with Gasteiger partial charge >= 0.3 is 6.03 Å². The van der Waals surface area contributed by atoms with Crippen molar-refractivity contribution in [2.45, 2.75) is 19.5 Å². The number of rotatable bonds is 6. The zero-order valence-electron chi connectivity index (χ0n) is 19.2. The van der Waals surface area contributed by atoms with Crippen molar-refractivity contribution in [3.63, 3.8) is 0 Å². The van der Waals surface area contributed by atoms with Crippen LogP contribution in [0, 0.1) is 5.82 Å². The summed E-state index contributed by atoms with van der Waals surface area (Å²) in [6.45, 7) is 2.26. The largest absolute Gasteiger partial charge is 0.497 e. The Morgan fingerprint density at radius 3 is 2.43 bits per heavy atom. The minimum absolute atomic E-state index is 0.228. The molecule has 1 aromatic heterocycles. The van der Waals surface area contributed by atoms with Crippen LogP contribution < -0.4 is 10.1 Å². The highest BCUT2D eigenvalue weighted by atomic mass is 19.1. The molecule has 1 unspecified atom stereocenters. The molecule has 0 saturated carbocycles. The third-order valence-electron chi connectivity index (χ3n) is 5.99. The zero-order chi connectivity index (χ0) is 24.4. The molecule has 1 aliphatic rings. The van der Waals surface area contributed by atoms with E-state index in [4.69, 9.17) is 9.26 Å². The number of hydrogen-bond acceptors (Lipinski definition) is 5. The van der Waals surface area contributed by atoms with Crippen LogP contribution in [0.25, 0.3) is 17.0 Å². The van der Waals surface area contributed by atoms with E-state index < -0.39 is 6.04 Å². The zero-order valence-corrected chi connectivity index (χ0v) is 19.2. The lowest BCUT2D eigenvalue weighted by atomic mass is 9.94. The molecule has 1 atom stereocenters. The van der Waals surface area contributed by atoms with Crippen molar-refractivity contribution in [3.05, 3.63) is 107 Å². The van der Waals surface area contributed by atoms with E-state index in [1.165, 1.54) is 12.1 Å². The van der Waals surface area contributed by atoms with Crippen LogP contribution in [0.3, 0.4) is 0 Å². The molecule has 0 fully saturated rings. The average Bonchev–Trinajstić information content (AvgIpc) is 3.37. The van der Waals surface area contributed by atoms with Crippen LogP contribution in [0.15, 0.2) is 89.1 Å². The maximum absolute atomic E-state index is 13.4. The molecule has 1 aliphatic heterocycles. The van der Waals surface area contributed by atoms with E-state index >= 15 is 0 Å². The number of amides is 2. The summed E-state index contributed by atoms with van der Waals surface area (Å²) in [4.78, 5) is 19.5. The first-order valence-electron chi connectivity index (χ1n) is 11.1. The summed E-state index contributed by atoms with van der Waals surface area (Å²) in [6.07, 6.45) is 0. The fourth-order valence-corrected chi connectivity index (χ4v) is 4.11. The Morgan fingerprint density at radius 1 is 1.03 bits per heavy atom. The number of methoxy groups -OCH3 is 1. The second-order valence-corrected chi connectivity index (χ2v) is 8.16. The molecule has 3 aromatic carbocycles. The van der Waals surface area contributed by atoms with E-state index in [9.17, 15) is 9.18 Å². The number of nitrogens with zero attached hydrogens (tertiary/aromatic N) is 3. The molecule has 0 saturated heterocycles. The van der Waals surface area contributed by atoms with Crippen LogP contribution in [0.5, 0.6) is 5.75 Å². The van der Waals surface area contributed by atoms with E-state index in [2.05, 4.69) is 15.5 Å². The maximum Gasteiger partial charge on any atom is 0.322 e. The van der Waals surface area contributed by atoms with Crippen molar-refractivity contribution in [3.8, 4) is 17.1 Å². The summed E-state index contributed by atoms with van der Waals surface area (Å²) in [5.74, 6) is 0.975. The number of allylic oxidation sites excluding steroid dienone is 1. The first-order chi connectivity index (χ1) is 17.0. The van der Waals surface area contributed by atoms with Gasteiger partial charge in [0.15, 0.2) is 0 Å². The minimum Gasteiger partial charge on any atom is -0.497 e. The Kier molecular flexibility index (Phi) is 6.01. The van der Waals surface area contributed by atoms with Crippen molar-refractivity contribution < 1.29 is 18.4 Å². The Hall–Kier alpha value is -4.46. The van der Waals surface area contributed by atoms with Gasteiger partial charge in [0, 0.05) is 11.3 Å². The van der Waals surface area contributed by atoms with Crippen molar-refractivity contribution in [2.24, 2.45) is 0 Å². The normalized spacial score (nSPS) is 15.8. The summed E-state index contributed by atoms with van der Waals surface area (Å²) in [7, 11) is 1.60. The van der Waals surface area contributed by atoms with Gasteiger partial charge in [-0.15, -0.1) is 0 Å². The lowest BCUT2D eigenvalue weighted by molar-refractivity contribution is 0.203. The molecule has 35 heavy (non-hydrogen) atoms. The Balaban J connectivity index is 1.58. The molecule has 0 radical (unpaired) electrons. The molecular weight excluding hydrogens is 447 g/mol. The Morgan fingerprint density at radius 2 is 1.74 bits per heavy atom. The standard InChI is InChI=1S/C27H23FN4O3/c1-17-23(26-30-25(31-35-26)20-8-12-21(28)13-9-20)24(19-10-14-22(34-2)15-11-19)29-27(33)32(17)16-18-6-4-3-5-7-18/h3-15,24H,16H2,1-2H3,(H,29,33). The molecule has 0 aliphatic carbocycles. The number of urea groups is 1. The molecular formula is C27H23FN4O3. The van der Waals surface area contributed by atoms with Crippen LogP contribution in [0.4, 0.5) is 9.18 Å². The maximum atomic E-state index is 13.4. The van der Waals surface area contributed by atoms with Gasteiger partial charge in [-0.2, -0.15) is 4.98 Å². The molecule has 2 heterocycles. The second kappa shape index (κ2) is 9.42. The van der Waals surface area contributed by atoms with Crippen LogP contribution >= 0.6 is 0 Å². The third-order valence-corrected chi connectivity index (χ3v) is 5.99. The van der Waals surface area contributed by atoms with Gasteiger partial charge in [0.25, 0.3) is 5.89 Å². The number of benzene rings is 3. The molecule has 4 aromatic rings. The number of nitrogens with one attached hydrogen (secondary N) is 1. The first kappa shape index (κ1) is 22.3. The first-order valence-corrected chi connectivity index (χ1v) is 11.1. The topological polar surface area (TPSA) is 80.5 Å². The van der Waals surface area contributed by atoms with Crippen LogP contribution in [0.2, 0.25) is 0 Å². The fraction of sp³-hybridized carbons (Fsp3) is 0.148. The molecule has 176 valence electrons. The second-order valence-electron chi connectivity index (χ2n) is 8.16. The van der Waals surface area contributed by atoms with Crippen molar-refractivity contribution in [2.75, 3.05) is 7.11 Å². The smallest absolute Gasteiger partial charge is 0.322 e. The third kappa shape index (κ3) is 4.50. The van der Waals surface area contributed by atoms with Gasteiger partial charge in [0.1, 0.15) is 11.6 Å². The van der Waals surface area contributed by atoms with Crippen molar-refractivity contribution >= 4 is 11.6 Å². The summed E-state index contributed by atoms with van der Waals surface area (Å²) < 4.78 is 24.3. The summed E-state index contributed by atoms with van der Waals surface area (Å²) in [6, 6.07) is 22.3. The molecule has 2 amide bonds. The van der Waals surface area contributed by atoms with E-state index in [1.54, 1.807) is 24.1 Å². The van der Waals surface area contributed by atoms with Gasteiger partial charge in [-0.3, -0.25) is 4.90 Å². The average molecular weight is 471 g/mol. The van der Waals surface area contributed by atoms with Crippen molar-refractivity contribution in [1.82, 2.24) is 20.4 Å². The number of aromatic nitrogens is 2. The number of carbonyl (C=O) groups excluding carboxylic acids is 1. The highest BCUT2D eigenvalue weighted by molar-refractivity contribution is 5.86. The Bertz CT molecular complexity index is 1370. The number of carbonyl (C=O) groups is 1. The summed E-state index contributed by atoms with van der Waals surface area (Å²) in [5.41, 5.74) is 3.84. The van der Waals surface area contributed by atoms with Gasteiger partial charge in [-0.25, -0.2) is 9.18 Å². The van der Waals surface area contributed by atoms with Gasteiger partial charge in [-0.1, -0.05) is 47.6 Å². The van der Waals surface area contributed by atoms with Crippen LogP contribution in [-0.4, -0.2) is 28.2 Å². The summed E-state index contributed by atoms with van der Waals surface area (Å²) >= 11 is 0. The number of ether oxygens (including phenoxy) is 1. The van der Waals surface area contributed by atoms with Crippen molar-refractivity contribution in [1.29, 1.82) is 0 Å². The molecule has 0 spiro atoms. The molecule has 5 rings (SSSR count). The number of hydrogen-bond donors (Lipinski definition) is 1. The molecule has 7 nitrogen and oxygen atoms in total. The highest BCUT2D eigenvalue weighted by Crippen LogP contribution is 2.38. The van der Waals surface area contributed by atoms with Crippen LogP contribution in [-0.2, 0) is 6.54 Å². The van der Waals surface area contributed by atoms with Crippen LogP contribution in [0.1, 0.15) is 30.0 Å². The van der Waals surface area contributed by atoms with Gasteiger partial charge < -0.3 is 14.6 Å². The monoisotopic (exact) mass is 470 g/mol. The highest BCUT2D eigenvalue weighted by Gasteiger charge is 2.35. The van der Waals surface area contributed by atoms with E-state index in [0.29, 0.717) is 35.0 Å². The Labute approximate surface area is 201 Å². The lowest BCUT2D eigenvalue weighted by Crippen LogP contribution is -2.45. The van der Waals surface area contributed by atoms with Gasteiger partial charge in [0.2, 0.25) is 5.82 Å². The minimum atomic E-state index is -0.512. The number of halogens is 1. The van der Waals surface area contributed by atoms with E-state index in [-0.39, 0.29) is 17.7 Å². The quantitative estimate of drug-likeness (QED) is 0.398.